The molecule has 1 fully saturated rings. The van der Waals surface area contributed by atoms with Crippen LogP contribution in [-0.4, -0.2) is 46.1 Å². The van der Waals surface area contributed by atoms with Gasteiger partial charge in [-0.1, -0.05) is 17.3 Å². The number of esters is 2. The van der Waals surface area contributed by atoms with Crippen molar-refractivity contribution in [3.63, 3.8) is 0 Å². The molecule has 0 bridgehead atoms. The van der Waals surface area contributed by atoms with Crippen molar-refractivity contribution in [2.24, 2.45) is 0 Å². The maximum absolute atomic E-state index is 12.4. The lowest BCUT2D eigenvalue weighted by Crippen LogP contribution is -2.30. The van der Waals surface area contributed by atoms with E-state index in [-0.39, 0.29) is 6.61 Å². The highest BCUT2D eigenvalue weighted by atomic mass is 32.1. The zero-order valence-corrected chi connectivity index (χ0v) is 18.0. The van der Waals surface area contributed by atoms with Crippen LogP contribution >= 0.6 is 11.3 Å². The summed E-state index contributed by atoms with van der Waals surface area (Å²) in [6, 6.07) is 6.63. The van der Waals surface area contributed by atoms with Crippen molar-refractivity contribution >= 4 is 45.1 Å². The van der Waals surface area contributed by atoms with E-state index in [1.807, 2.05) is 5.38 Å². The fourth-order valence-corrected chi connectivity index (χ4v) is 4.22. The molecule has 0 spiro atoms. The minimum atomic E-state index is -0.817. The van der Waals surface area contributed by atoms with Crippen LogP contribution in [0.1, 0.15) is 41.6 Å². The molecule has 11 heteroatoms. The van der Waals surface area contributed by atoms with Gasteiger partial charge in [-0.2, -0.15) is 4.68 Å². The minimum Gasteiger partial charge on any atom is -0.462 e. The average Bonchev–Trinajstić information content (AvgIpc) is 3.55. The molecule has 4 rings (SSSR count). The van der Waals surface area contributed by atoms with Gasteiger partial charge in [-0.3, -0.25) is 14.4 Å². The summed E-state index contributed by atoms with van der Waals surface area (Å²) < 4.78 is 11.0. The monoisotopic (exact) mass is 456 g/mol. The summed E-state index contributed by atoms with van der Waals surface area (Å²) in [5.41, 5.74) is 1.16. The van der Waals surface area contributed by atoms with E-state index in [4.69, 9.17) is 9.47 Å². The van der Waals surface area contributed by atoms with E-state index in [1.165, 1.54) is 11.3 Å². The quantitative estimate of drug-likeness (QED) is 0.510. The number of nitrogens with zero attached hydrogens (tertiary/aromatic N) is 3. The summed E-state index contributed by atoms with van der Waals surface area (Å²) in [4.78, 5) is 49.2. The van der Waals surface area contributed by atoms with E-state index in [9.17, 15) is 19.2 Å². The number of anilines is 1. The van der Waals surface area contributed by atoms with Crippen molar-refractivity contribution < 1.29 is 23.9 Å². The molecule has 1 aromatic carbocycles. The summed E-state index contributed by atoms with van der Waals surface area (Å²) >= 11 is 1.23. The van der Waals surface area contributed by atoms with Crippen LogP contribution in [0.2, 0.25) is 0 Å². The molecule has 3 aromatic rings. The lowest BCUT2D eigenvalue weighted by atomic mass is 10.1. The number of rotatable bonds is 8. The molecule has 1 N–H and O–H groups in total. The van der Waals surface area contributed by atoms with Crippen molar-refractivity contribution in [3.8, 4) is 0 Å². The van der Waals surface area contributed by atoms with E-state index in [0.29, 0.717) is 27.4 Å². The number of carbonyl (C=O) groups is 3. The third-order valence-corrected chi connectivity index (χ3v) is 5.76. The fourth-order valence-electron chi connectivity index (χ4n) is 3.18. The summed E-state index contributed by atoms with van der Waals surface area (Å²) in [6.45, 7) is 0.876. The Kier molecular flexibility index (Phi) is 6.26. The number of hydrogen-bond acceptors (Lipinski definition) is 9. The number of fused-ring (bicyclic) bond motifs is 1. The Bertz CT molecular complexity index is 1250. The van der Waals surface area contributed by atoms with Gasteiger partial charge < -0.3 is 14.8 Å². The van der Waals surface area contributed by atoms with Crippen molar-refractivity contribution in [2.75, 3.05) is 18.5 Å². The number of hydrogen-bond donors (Lipinski definition) is 1. The molecule has 10 nitrogen and oxygen atoms in total. The van der Waals surface area contributed by atoms with Crippen molar-refractivity contribution in [1.29, 1.82) is 0 Å². The van der Waals surface area contributed by atoms with Crippen molar-refractivity contribution in [1.82, 2.24) is 15.0 Å². The van der Waals surface area contributed by atoms with Gasteiger partial charge in [0.2, 0.25) is 0 Å². The van der Waals surface area contributed by atoms with E-state index in [1.54, 1.807) is 31.2 Å². The maximum Gasteiger partial charge on any atom is 0.341 e. The van der Waals surface area contributed by atoms with E-state index < -0.39 is 36.6 Å². The molecule has 2 heterocycles. The predicted molar refractivity (Wildman–Crippen MR) is 116 cm³/mol. The van der Waals surface area contributed by atoms with Crippen LogP contribution in [0, 0.1) is 0 Å². The number of ether oxygens (including phenoxy) is 2. The molecular weight excluding hydrogens is 436 g/mol. The van der Waals surface area contributed by atoms with Gasteiger partial charge in [-0.05, 0) is 48.8 Å². The standard InChI is InChI=1S/C21H20N4O6S/c1-2-30-21(29)18-14(12-7-8-12)11-32-19(18)22-16(26)10-31-17(27)9-25-20(28)13-5-3-4-6-15(13)23-24-25/h3-6,11-12H,2,7-10H2,1H3,(H,22,26). The minimum absolute atomic E-state index is 0.223. The molecule has 0 unspecified atom stereocenters. The van der Waals surface area contributed by atoms with E-state index >= 15 is 0 Å². The number of aromatic nitrogens is 3. The number of carbonyl (C=O) groups excluding carboxylic acids is 3. The number of benzene rings is 1. The smallest absolute Gasteiger partial charge is 0.341 e. The molecule has 2 aromatic heterocycles. The Hall–Kier alpha value is -3.60. The molecule has 0 radical (unpaired) electrons. The number of amides is 1. The summed E-state index contributed by atoms with van der Waals surface area (Å²) in [5.74, 6) is -1.61. The topological polar surface area (TPSA) is 129 Å². The van der Waals surface area contributed by atoms with Crippen LogP contribution in [0.15, 0.2) is 34.4 Å². The first-order valence-corrected chi connectivity index (χ1v) is 10.9. The molecule has 1 amide bonds. The first-order valence-electron chi connectivity index (χ1n) is 10.0. The average molecular weight is 456 g/mol. The lowest BCUT2D eigenvalue weighted by Gasteiger charge is -2.09. The maximum atomic E-state index is 12.4. The van der Waals surface area contributed by atoms with E-state index in [2.05, 4.69) is 15.6 Å². The van der Waals surface area contributed by atoms with Gasteiger partial charge in [0.05, 0.1) is 17.6 Å². The molecule has 1 aliphatic carbocycles. The zero-order valence-electron chi connectivity index (χ0n) is 17.2. The Morgan fingerprint density at radius 1 is 1.22 bits per heavy atom. The Balaban J connectivity index is 1.37. The Labute approximate surface area is 186 Å². The van der Waals surface area contributed by atoms with Gasteiger partial charge in [0.1, 0.15) is 17.1 Å². The second-order valence-electron chi connectivity index (χ2n) is 7.17. The van der Waals surface area contributed by atoms with Gasteiger partial charge in [0.25, 0.3) is 11.5 Å². The highest BCUT2D eigenvalue weighted by Gasteiger charge is 2.32. The van der Waals surface area contributed by atoms with Crippen LogP contribution in [0.25, 0.3) is 10.9 Å². The second-order valence-corrected chi connectivity index (χ2v) is 8.05. The molecule has 1 saturated carbocycles. The number of nitrogens with one attached hydrogen (secondary N) is 1. The van der Waals surface area contributed by atoms with E-state index in [0.717, 1.165) is 23.1 Å². The van der Waals surface area contributed by atoms with Gasteiger partial charge in [0.15, 0.2) is 6.61 Å². The van der Waals surface area contributed by atoms with Crippen LogP contribution in [0.3, 0.4) is 0 Å². The van der Waals surface area contributed by atoms with Crippen molar-refractivity contribution in [3.05, 3.63) is 51.1 Å². The Morgan fingerprint density at radius 2 is 2.00 bits per heavy atom. The first-order chi connectivity index (χ1) is 15.5. The SMILES string of the molecule is CCOC(=O)c1c(C2CC2)csc1NC(=O)COC(=O)Cn1nnc2ccccc2c1=O. The zero-order chi connectivity index (χ0) is 22.7. The Morgan fingerprint density at radius 3 is 2.75 bits per heavy atom. The van der Waals surface area contributed by atoms with Crippen LogP contribution < -0.4 is 10.9 Å². The molecule has 1 aliphatic rings. The molecule has 0 aliphatic heterocycles. The third kappa shape index (κ3) is 4.67. The van der Waals surface area contributed by atoms with Crippen molar-refractivity contribution in [2.45, 2.75) is 32.2 Å². The molecule has 166 valence electrons. The first kappa shape index (κ1) is 21.6. The third-order valence-electron chi connectivity index (χ3n) is 4.84. The van der Waals surface area contributed by atoms with Gasteiger partial charge in [0, 0.05) is 0 Å². The van der Waals surface area contributed by atoms with Gasteiger partial charge >= 0.3 is 11.9 Å². The van der Waals surface area contributed by atoms with Crippen LogP contribution in [0.5, 0.6) is 0 Å². The summed E-state index contributed by atoms with van der Waals surface area (Å²) in [5, 5.41) is 12.8. The molecule has 32 heavy (non-hydrogen) atoms. The summed E-state index contributed by atoms with van der Waals surface area (Å²) in [6.07, 6.45) is 1.98. The van der Waals surface area contributed by atoms with Crippen LogP contribution in [0.4, 0.5) is 5.00 Å². The predicted octanol–water partition coefficient (Wildman–Crippen LogP) is 2.09. The van der Waals surface area contributed by atoms with Gasteiger partial charge in [-0.15, -0.1) is 16.4 Å². The normalized spacial score (nSPS) is 13.0. The molecule has 0 saturated heterocycles. The summed E-state index contributed by atoms with van der Waals surface area (Å²) in [7, 11) is 0. The van der Waals surface area contributed by atoms with Gasteiger partial charge in [-0.25, -0.2) is 4.79 Å². The fraction of sp³-hybridized carbons (Fsp3) is 0.333. The largest absolute Gasteiger partial charge is 0.462 e. The highest BCUT2D eigenvalue weighted by Crippen LogP contribution is 2.46. The highest BCUT2D eigenvalue weighted by molar-refractivity contribution is 7.15. The second kappa shape index (κ2) is 9.27. The molecule has 0 atom stereocenters. The van der Waals surface area contributed by atoms with Crippen LogP contribution in [-0.2, 0) is 25.6 Å². The number of thiophene rings is 1. The molecular formula is C21H20N4O6S. The lowest BCUT2D eigenvalue weighted by molar-refractivity contribution is -0.148.